The van der Waals surface area contributed by atoms with Crippen LogP contribution >= 0.6 is 0 Å². The van der Waals surface area contributed by atoms with Crippen LogP contribution in [0.4, 0.5) is 13.2 Å². The van der Waals surface area contributed by atoms with Crippen molar-refractivity contribution in [1.29, 1.82) is 0 Å². The van der Waals surface area contributed by atoms with E-state index in [2.05, 4.69) is 0 Å². The van der Waals surface area contributed by atoms with Crippen LogP contribution in [0.1, 0.15) is 33.1 Å². The van der Waals surface area contributed by atoms with Gasteiger partial charge >= 0.3 is 6.18 Å². The molecule has 0 saturated heterocycles. The second-order valence-corrected chi connectivity index (χ2v) is 4.66. The summed E-state index contributed by atoms with van der Waals surface area (Å²) in [6, 6.07) is -0.241. The van der Waals surface area contributed by atoms with Crippen LogP contribution in [-0.2, 0) is 0 Å². The number of rotatable bonds is 5. The monoisotopic (exact) mass is 226 g/mol. The van der Waals surface area contributed by atoms with E-state index in [9.17, 15) is 13.2 Å². The Labute approximate surface area is 89.6 Å². The van der Waals surface area contributed by atoms with Gasteiger partial charge in [-0.1, -0.05) is 0 Å². The van der Waals surface area contributed by atoms with E-state index < -0.39 is 12.6 Å². The molecule has 0 spiro atoms. The van der Waals surface area contributed by atoms with E-state index >= 15 is 0 Å². The summed E-state index contributed by atoms with van der Waals surface area (Å²) in [6.45, 7) is 3.87. The minimum atomic E-state index is -4.07. The lowest BCUT2D eigenvalue weighted by molar-refractivity contribution is -0.136. The smallest absolute Gasteiger partial charge is 0.326 e. The quantitative estimate of drug-likeness (QED) is 0.780. The van der Waals surface area contributed by atoms with Crippen LogP contribution in [0.25, 0.3) is 0 Å². The Bertz CT molecular complexity index is 188. The van der Waals surface area contributed by atoms with E-state index in [1.807, 2.05) is 32.8 Å². The average molecular weight is 226 g/mol. The first-order valence-electron chi connectivity index (χ1n) is 5.07. The lowest BCUT2D eigenvalue weighted by Gasteiger charge is -2.38. The molecule has 0 rings (SSSR count). The van der Waals surface area contributed by atoms with E-state index in [1.54, 1.807) is 0 Å². The van der Waals surface area contributed by atoms with Crippen LogP contribution < -0.4 is 5.73 Å². The lowest BCUT2D eigenvalue weighted by atomic mass is 9.90. The average Bonchev–Trinajstić information content (AvgIpc) is 2.01. The van der Waals surface area contributed by atoms with E-state index in [-0.39, 0.29) is 18.0 Å². The Morgan fingerprint density at radius 2 is 1.67 bits per heavy atom. The highest BCUT2D eigenvalue weighted by Gasteiger charge is 2.31. The fourth-order valence-electron chi connectivity index (χ4n) is 1.21. The lowest BCUT2D eigenvalue weighted by Crippen LogP contribution is -2.53. The van der Waals surface area contributed by atoms with Gasteiger partial charge < -0.3 is 10.6 Å². The summed E-state index contributed by atoms with van der Waals surface area (Å²) in [5, 5.41) is 0. The molecule has 92 valence electrons. The number of hydrogen-bond donors (Lipinski definition) is 1. The predicted molar refractivity (Wildman–Crippen MR) is 55.6 cm³/mol. The highest BCUT2D eigenvalue weighted by molar-refractivity contribution is 4.88. The number of nitrogens with two attached hydrogens (primary N) is 1. The van der Waals surface area contributed by atoms with Gasteiger partial charge in [0.1, 0.15) is 0 Å². The topological polar surface area (TPSA) is 29.3 Å². The third kappa shape index (κ3) is 5.37. The third-order valence-corrected chi connectivity index (χ3v) is 3.04. The summed E-state index contributed by atoms with van der Waals surface area (Å²) in [5.74, 6) is 0. The van der Waals surface area contributed by atoms with Gasteiger partial charge in [0.25, 0.3) is 0 Å². The molecule has 2 N–H and O–H groups in total. The highest BCUT2D eigenvalue weighted by Crippen LogP contribution is 2.25. The molecule has 0 saturated carbocycles. The SMILES string of the molecule is CN(C)C(C)(C)C(N)CCCC(F)(F)F. The minimum absolute atomic E-state index is 0.0991. The molecule has 1 atom stereocenters. The van der Waals surface area contributed by atoms with Crippen molar-refractivity contribution >= 4 is 0 Å². The van der Waals surface area contributed by atoms with Crippen molar-refractivity contribution in [1.82, 2.24) is 4.90 Å². The molecule has 0 aliphatic rings. The molecular weight excluding hydrogens is 205 g/mol. The number of nitrogens with zero attached hydrogens (tertiary/aromatic N) is 1. The molecule has 0 aliphatic heterocycles. The van der Waals surface area contributed by atoms with Gasteiger partial charge in [0.05, 0.1) is 0 Å². The van der Waals surface area contributed by atoms with Crippen molar-refractivity contribution in [2.45, 2.75) is 50.9 Å². The van der Waals surface area contributed by atoms with E-state index in [4.69, 9.17) is 5.73 Å². The van der Waals surface area contributed by atoms with Crippen molar-refractivity contribution in [3.8, 4) is 0 Å². The van der Waals surface area contributed by atoms with E-state index in [0.29, 0.717) is 6.42 Å². The second kappa shape index (κ2) is 5.16. The maximum absolute atomic E-state index is 11.9. The maximum atomic E-state index is 11.9. The molecule has 0 amide bonds. The molecular formula is C10H21F3N2. The van der Waals surface area contributed by atoms with Crippen LogP contribution in [-0.4, -0.2) is 36.8 Å². The molecule has 0 aromatic rings. The summed E-state index contributed by atoms with van der Waals surface area (Å²) in [6.07, 6.45) is -4.32. The first kappa shape index (κ1) is 14.7. The number of alkyl halides is 3. The van der Waals surface area contributed by atoms with Crippen LogP contribution in [0.3, 0.4) is 0 Å². The molecule has 0 fully saturated rings. The zero-order chi connectivity index (χ0) is 12.3. The van der Waals surface area contributed by atoms with Gasteiger partial charge in [-0.3, -0.25) is 0 Å². The number of likely N-dealkylation sites (N-methyl/N-ethyl adjacent to an activating group) is 1. The third-order valence-electron chi connectivity index (χ3n) is 3.04. The van der Waals surface area contributed by atoms with E-state index in [1.165, 1.54) is 0 Å². The molecule has 0 aromatic carbocycles. The van der Waals surface area contributed by atoms with Crippen LogP contribution in [0.15, 0.2) is 0 Å². The fraction of sp³-hybridized carbons (Fsp3) is 1.00. The first-order valence-corrected chi connectivity index (χ1v) is 5.07. The highest BCUT2D eigenvalue weighted by atomic mass is 19.4. The van der Waals surface area contributed by atoms with Crippen molar-refractivity contribution in [3.63, 3.8) is 0 Å². The van der Waals surface area contributed by atoms with Gasteiger partial charge in [-0.15, -0.1) is 0 Å². The predicted octanol–water partition coefficient (Wildman–Crippen LogP) is 2.39. The summed E-state index contributed by atoms with van der Waals surface area (Å²) >= 11 is 0. The zero-order valence-electron chi connectivity index (χ0n) is 9.86. The second-order valence-electron chi connectivity index (χ2n) is 4.66. The van der Waals surface area contributed by atoms with Crippen molar-refractivity contribution in [2.24, 2.45) is 5.73 Å². The van der Waals surface area contributed by atoms with Gasteiger partial charge in [-0.05, 0) is 40.8 Å². The summed E-state index contributed by atoms with van der Waals surface area (Å²) in [4.78, 5) is 1.94. The largest absolute Gasteiger partial charge is 0.389 e. The van der Waals surface area contributed by atoms with E-state index in [0.717, 1.165) is 0 Å². The van der Waals surface area contributed by atoms with Crippen molar-refractivity contribution in [3.05, 3.63) is 0 Å². The summed E-state index contributed by atoms with van der Waals surface area (Å²) < 4.78 is 35.7. The van der Waals surface area contributed by atoms with Gasteiger partial charge in [-0.25, -0.2) is 0 Å². The zero-order valence-corrected chi connectivity index (χ0v) is 9.86. The molecule has 15 heavy (non-hydrogen) atoms. The number of hydrogen-bond acceptors (Lipinski definition) is 2. The standard InChI is InChI=1S/C10H21F3N2/c1-9(2,15(3)4)8(14)6-5-7-10(11,12)13/h8H,5-7,14H2,1-4H3. The fourth-order valence-corrected chi connectivity index (χ4v) is 1.21. The number of halogens is 3. The molecule has 0 radical (unpaired) electrons. The molecule has 0 bridgehead atoms. The van der Waals surface area contributed by atoms with Gasteiger partial charge in [0.15, 0.2) is 0 Å². The van der Waals surface area contributed by atoms with Gasteiger partial charge in [-0.2, -0.15) is 13.2 Å². The van der Waals surface area contributed by atoms with Crippen LogP contribution in [0, 0.1) is 0 Å². The Kier molecular flexibility index (Phi) is 5.06. The minimum Gasteiger partial charge on any atom is -0.326 e. The Morgan fingerprint density at radius 1 is 1.20 bits per heavy atom. The Morgan fingerprint density at radius 3 is 2.00 bits per heavy atom. The summed E-state index contributed by atoms with van der Waals surface area (Å²) in [5.41, 5.74) is 5.60. The van der Waals surface area contributed by atoms with Crippen LogP contribution in [0.5, 0.6) is 0 Å². The van der Waals surface area contributed by atoms with Crippen molar-refractivity contribution < 1.29 is 13.2 Å². The Balaban J connectivity index is 3.99. The maximum Gasteiger partial charge on any atom is 0.389 e. The molecule has 2 nitrogen and oxygen atoms in total. The Hall–Kier alpha value is -0.290. The normalized spacial score (nSPS) is 15.8. The molecule has 5 heteroatoms. The van der Waals surface area contributed by atoms with Gasteiger partial charge in [0.2, 0.25) is 0 Å². The first-order chi connectivity index (χ1) is 6.57. The summed E-state index contributed by atoms with van der Waals surface area (Å²) in [7, 11) is 3.76. The van der Waals surface area contributed by atoms with Gasteiger partial charge in [0, 0.05) is 18.0 Å². The molecule has 0 aliphatic carbocycles. The molecule has 0 aromatic heterocycles. The van der Waals surface area contributed by atoms with Crippen LogP contribution in [0.2, 0.25) is 0 Å². The molecule has 0 heterocycles. The molecule has 1 unspecified atom stereocenters. The van der Waals surface area contributed by atoms with Crippen molar-refractivity contribution in [2.75, 3.05) is 14.1 Å².